The molecule has 214 valence electrons. The highest BCUT2D eigenvalue weighted by Crippen LogP contribution is 2.53. The summed E-state index contributed by atoms with van der Waals surface area (Å²) in [6.45, 7) is 2.57. The van der Waals surface area contributed by atoms with Gasteiger partial charge in [-0.2, -0.15) is 0 Å². The van der Waals surface area contributed by atoms with E-state index in [-0.39, 0.29) is 42.3 Å². The van der Waals surface area contributed by atoms with Gasteiger partial charge in [0.05, 0.1) is 11.7 Å². The minimum atomic E-state index is -2.68. The molecule has 4 unspecified atom stereocenters. The van der Waals surface area contributed by atoms with Gasteiger partial charge in [-0.1, -0.05) is 0 Å². The average Bonchev–Trinajstić information content (AvgIpc) is 2.81. The van der Waals surface area contributed by atoms with Gasteiger partial charge in [-0.05, 0) is 51.4 Å². The van der Waals surface area contributed by atoms with Crippen LogP contribution in [0.25, 0.3) is 5.76 Å². The van der Waals surface area contributed by atoms with E-state index in [1.54, 1.807) is 19.0 Å². The first-order chi connectivity index (χ1) is 18.1. The van der Waals surface area contributed by atoms with Crippen molar-refractivity contribution >= 4 is 28.9 Å². The summed E-state index contributed by atoms with van der Waals surface area (Å²) in [6, 6.07) is 0.763. The molecule has 12 nitrogen and oxygen atoms in total. The van der Waals surface area contributed by atoms with Crippen LogP contribution in [0, 0.1) is 17.8 Å². The normalized spacial score (nSPS) is 31.1. The number of carbonyl (C=O) groups is 3. The van der Waals surface area contributed by atoms with Crippen LogP contribution in [0.15, 0.2) is 11.6 Å². The molecule has 9 N–H and O–H groups in total. The Morgan fingerprint density at radius 2 is 1.87 bits per heavy atom. The molecule has 12 heteroatoms. The van der Waals surface area contributed by atoms with E-state index in [0.29, 0.717) is 17.7 Å². The Kier molecular flexibility index (Phi) is 7.56. The number of Topliss-reactive ketones (excluding diaryl/α,β-unsaturated/α-hetero) is 2. The minimum Gasteiger partial charge on any atom is -0.507 e. The summed E-state index contributed by atoms with van der Waals surface area (Å²) in [5, 5.41) is 48.6. The first kappa shape index (κ1) is 29.0. The Balaban J connectivity index is 1.89. The van der Waals surface area contributed by atoms with Gasteiger partial charge in [-0.15, -0.1) is 0 Å². The molecule has 2 fully saturated rings. The molecule has 1 aromatic carbocycles. The number of ketones is 2. The zero-order valence-electron chi connectivity index (χ0n) is 22.9. The van der Waals surface area contributed by atoms with E-state index < -0.39 is 58.7 Å². The van der Waals surface area contributed by atoms with Crippen LogP contribution in [0.1, 0.15) is 30.0 Å². The molecule has 1 aromatic rings. The molecular formula is C27H39N5O7. The number of phenols is 1. The van der Waals surface area contributed by atoms with Crippen LogP contribution in [0.3, 0.4) is 0 Å². The zero-order chi connectivity index (χ0) is 29.1. The summed E-state index contributed by atoms with van der Waals surface area (Å²) in [5.41, 5.74) is 10.3. The maximum Gasteiger partial charge on any atom is 0.230 e. The number of likely N-dealkylation sites (N-methyl/N-ethyl adjacent to an activating group) is 1. The van der Waals surface area contributed by atoms with Crippen molar-refractivity contribution in [2.75, 3.05) is 39.6 Å². The van der Waals surface area contributed by atoms with Gasteiger partial charge in [0.2, 0.25) is 11.7 Å². The number of fused-ring (bicyclic) bond motifs is 3. The number of amides is 1. The van der Waals surface area contributed by atoms with E-state index >= 15 is 0 Å². The molecule has 0 aromatic heterocycles. The lowest BCUT2D eigenvalue weighted by atomic mass is 9.54. The van der Waals surface area contributed by atoms with Gasteiger partial charge >= 0.3 is 0 Å². The van der Waals surface area contributed by atoms with Crippen LogP contribution < -0.4 is 21.7 Å². The van der Waals surface area contributed by atoms with Gasteiger partial charge in [0.1, 0.15) is 17.4 Å². The summed E-state index contributed by atoms with van der Waals surface area (Å²) < 4.78 is 0. The Labute approximate surface area is 227 Å². The van der Waals surface area contributed by atoms with Crippen molar-refractivity contribution in [2.45, 2.75) is 50.1 Å². The lowest BCUT2D eigenvalue weighted by molar-refractivity contribution is -0.184. The second-order valence-corrected chi connectivity index (χ2v) is 11.5. The Bertz CT molecular complexity index is 1240. The van der Waals surface area contributed by atoms with Crippen LogP contribution in [-0.2, 0) is 27.3 Å². The van der Waals surface area contributed by atoms with Gasteiger partial charge in [0.15, 0.2) is 11.4 Å². The van der Waals surface area contributed by atoms with Gasteiger partial charge < -0.3 is 47.0 Å². The van der Waals surface area contributed by atoms with Gasteiger partial charge in [-0.25, -0.2) is 0 Å². The highest BCUT2D eigenvalue weighted by atomic mass is 16.3. The number of nitrogens with zero attached hydrogens (tertiary/aromatic N) is 2. The fourth-order valence-corrected chi connectivity index (χ4v) is 6.67. The molecular weight excluding hydrogens is 506 g/mol. The number of aliphatic hydroxyl groups excluding tert-OH is 2. The van der Waals surface area contributed by atoms with Gasteiger partial charge in [0.25, 0.3) is 0 Å². The number of nitrogens with two attached hydrogens (primary N) is 2. The van der Waals surface area contributed by atoms with Gasteiger partial charge in [-0.3, -0.25) is 14.4 Å². The maximum atomic E-state index is 14.0. The first-order valence-corrected chi connectivity index (χ1v) is 13.0. The fraction of sp³-hybridized carbons (Fsp3) is 0.593. The first-order valence-electron chi connectivity index (χ1n) is 13.0. The Morgan fingerprint density at radius 3 is 2.41 bits per heavy atom. The van der Waals surface area contributed by atoms with Crippen LogP contribution in [0.2, 0.25) is 0 Å². The van der Waals surface area contributed by atoms with E-state index in [1.165, 1.54) is 0 Å². The highest BCUT2D eigenvalue weighted by Gasteiger charge is 2.67. The molecule has 2 saturated carbocycles. The predicted octanol–water partition coefficient (Wildman–Crippen LogP) is -1.37. The molecule has 3 aliphatic carbocycles. The standard InChI is InChI=1S/C27H39N5O7/c1-11(28)9-30-10-13-8-16(31(2)3)14-6-12-7-15-20(32(4)5)23(35)19(26(29)38)25(37)27(15,39)24(36)17(12)22(34)18(14)21(13)33/h8,11-12,15,19-20,23,30,33-35,39H,6-7,9-10,28H2,1-5H3,(H2,29,38)/t11?,12-,15-,19?,20?,23?,27-/m1/s1. The van der Waals surface area contributed by atoms with Crippen molar-refractivity contribution in [3.8, 4) is 5.75 Å². The van der Waals surface area contributed by atoms with E-state index in [1.807, 2.05) is 32.0 Å². The SMILES string of the molecule is CC(N)CNCc1cc(N(C)C)c2c(c1O)C(O)=C1C(=O)[C@@]3(O)C(=O)C(C(N)=O)C(O)C(N(C)C)[C@H]3C[C@H]1C2. The third-order valence-electron chi connectivity index (χ3n) is 8.41. The topological polar surface area (TPSA) is 203 Å². The lowest BCUT2D eigenvalue weighted by Crippen LogP contribution is -2.73. The molecule has 0 spiro atoms. The van der Waals surface area contributed by atoms with E-state index in [4.69, 9.17) is 11.5 Å². The lowest BCUT2D eigenvalue weighted by Gasteiger charge is -2.53. The summed E-state index contributed by atoms with van der Waals surface area (Å²) in [5.74, 6) is -7.55. The molecule has 0 saturated heterocycles. The fourth-order valence-electron chi connectivity index (χ4n) is 6.67. The van der Waals surface area contributed by atoms with Crippen LogP contribution in [0.5, 0.6) is 5.75 Å². The quantitative estimate of drug-likeness (QED) is 0.199. The van der Waals surface area contributed by atoms with Crippen molar-refractivity contribution in [1.82, 2.24) is 10.2 Å². The molecule has 0 aliphatic heterocycles. The summed E-state index contributed by atoms with van der Waals surface area (Å²) in [7, 11) is 6.90. The number of hydrogen-bond acceptors (Lipinski definition) is 11. The number of benzene rings is 1. The number of hydrogen-bond donors (Lipinski definition) is 7. The van der Waals surface area contributed by atoms with Crippen LogP contribution in [-0.4, -0.2) is 101 Å². The molecule has 1 amide bonds. The third kappa shape index (κ3) is 4.40. The van der Waals surface area contributed by atoms with Crippen molar-refractivity contribution < 1.29 is 34.8 Å². The number of carbonyl (C=O) groups excluding carboxylic acids is 3. The summed E-state index contributed by atoms with van der Waals surface area (Å²) in [4.78, 5) is 43.0. The maximum absolute atomic E-state index is 14.0. The molecule has 0 radical (unpaired) electrons. The number of phenolic OH excluding ortho intramolecular Hbond substituents is 1. The number of aromatic hydroxyl groups is 1. The number of primary amides is 1. The van der Waals surface area contributed by atoms with E-state index in [9.17, 15) is 34.8 Å². The van der Waals surface area contributed by atoms with Crippen molar-refractivity contribution in [1.29, 1.82) is 0 Å². The highest BCUT2D eigenvalue weighted by molar-refractivity contribution is 6.25. The average molecular weight is 546 g/mol. The number of aliphatic hydroxyl groups is 3. The largest absolute Gasteiger partial charge is 0.507 e. The van der Waals surface area contributed by atoms with Crippen LogP contribution >= 0.6 is 0 Å². The summed E-state index contributed by atoms with van der Waals surface area (Å²) in [6.07, 6.45) is -1.21. The number of nitrogens with one attached hydrogen (secondary N) is 1. The third-order valence-corrected chi connectivity index (χ3v) is 8.41. The molecule has 0 bridgehead atoms. The second kappa shape index (κ2) is 10.2. The Morgan fingerprint density at radius 1 is 1.23 bits per heavy atom. The second-order valence-electron chi connectivity index (χ2n) is 11.5. The van der Waals surface area contributed by atoms with Crippen molar-refractivity contribution in [3.05, 3.63) is 28.3 Å². The van der Waals surface area contributed by atoms with E-state index in [2.05, 4.69) is 5.32 Å². The predicted molar refractivity (Wildman–Crippen MR) is 144 cm³/mol. The molecule has 0 heterocycles. The summed E-state index contributed by atoms with van der Waals surface area (Å²) >= 11 is 0. The van der Waals surface area contributed by atoms with Crippen LogP contribution in [0.4, 0.5) is 5.69 Å². The van der Waals surface area contributed by atoms with Crippen molar-refractivity contribution in [2.24, 2.45) is 29.2 Å². The zero-order valence-corrected chi connectivity index (χ0v) is 22.9. The monoisotopic (exact) mass is 545 g/mol. The molecule has 3 aliphatic rings. The molecule has 4 rings (SSSR count). The molecule has 7 atom stereocenters. The molecule has 39 heavy (non-hydrogen) atoms. The Hall–Kier alpha value is -3.03. The van der Waals surface area contributed by atoms with Gasteiger partial charge in [0, 0.05) is 62.0 Å². The van der Waals surface area contributed by atoms with E-state index in [0.717, 1.165) is 5.69 Å². The number of anilines is 1. The van der Waals surface area contributed by atoms with Crippen molar-refractivity contribution in [3.63, 3.8) is 0 Å². The minimum absolute atomic E-state index is 0.0688. The smallest absolute Gasteiger partial charge is 0.230 e. The number of rotatable bonds is 7.